The van der Waals surface area contributed by atoms with Crippen molar-refractivity contribution in [2.75, 3.05) is 6.54 Å². The first kappa shape index (κ1) is 14.4. The monoisotopic (exact) mass is 268 g/mol. The fourth-order valence-corrected chi connectivity index (χ4v) is 2.96. The van der Waals surface area contributed by atoms with E-state index in [0.717, 1.165) is 25.0 Å². The van der Waals surface area contributed by atoms with Gasteiger partial charge in [-0.15, -0.1) is 0 Å². The summed E-state index contributed by atoms with van der Waals surface area (Å²) in [6, 6.07) is 3.89. The Balaban J connectivity index is 2.11. The highest BCUT2D eigenvalue weighted by atomic mass is 19.1. The molecule has 2 N–H and O–H groups in total. The minimum absolute atomic E-state index is 0.268. The Kier molecular flexibility index (Phi) is 4.53. The zero-order chi connectivity index (χ0) is 14.0. The molecule has 0 spiro atoms. The molecule has 3 unspecified atom stereocenters. The first-order valence-corrected chi connectivity index (χ1v) is 6.95. The van der Waals surface area contributed by atoms with Gasteiger partial charge >= 0.3 is 0 Å². The summed E-state index contributed by atoms with van der Waals surface area (Å²) in [6.07, 6.45) is 3.51. The minimum atomic E-state index is -0.487. The molecule has 1 fully saturated rings. The quantitative estimate of drug-likeness (QED) is 0.912. The molecule has 1 saturated heterocycles. The van der Waals surface area contributed by atoms with Crippen LogP contribution in [0.4, 0.5) is 8.78 Å². The van der Waals surface area contributed by atoms with Crippen LogP contribution in [0, 0.1) is 11.6 Å². The molecule has 1 aromatic carbocycles. The average molecular weight is 268 g/mol. The van der Waals surface area contributed by atoms with Gasteiger partial charge in [0.2, 0.25) is 0 Å². The van der Waals surface area contributed by atoms with E-state index in [1.165, 1.54) is 12.5 Å². The summed E-state index contributed by atoms with van der Waals surface area (Å²) in [5.74, 6) is -0.863. The van der Waals surface area contributed by atoms with E-state index in [-0.39, 0.29) is 5.56 Å². The van der Waals surface area contributed by atoms with Crippen molar-refractivity contribution < 1.29 is 8.78 Å². The van der Waals surface area contributed by atoms with Crippen LogP contribution in [0.25, 0.3) is 0 Å². The second kappa shape index (κ2) is 5.97. The molecule has 2 nitrogen and oxygen atoms in total. The lowest BCUT2D eigenvalue weighted by atomic mass is 9.95. The zero-order valence-electron chi connectivity index (χ0n) is 11.6. The molecule has 0 aromatic heterocycles. The third-order valence-corrected chi connectivity index (χ3v) is 4.14. The number of rotatable bonds is 3. The lowest BCUT2D eigenvalue weighted by Gasteiger charge is -2.40. The summed E-state index contributed by atoms with van der Waals surface area (Å²) in [4.78, 5) is 2.30. The Morgan fingerprint density at radius 3 is 2.53 bits per heavy atom. The van der Waals surface area contributed by atoms with Crippen molar-refractivity contribution >= 4 is 0 Å². The summed E-state index contributed by atoms with van der Waals surface area (Å²) in [6.45, 7) is 4.91. The van der Waals surface area contributed by atoms with Gasteiger partial charge in [0.25, 0.3) is 0 Å². The van der Waals surface area contributed by atoms with Crippen LogP contribution < -0.4 is 5.73 Å². The molecule has 1 aliphatic heterocycles. The van der Waals surface area contributed by atoms with Gasteiger partial charge in [-0.25, -0.2) is 8.78 Å². The largest absolute Gasteiger partial charge is 0.323 e. The maximum absolute atomic E-state index is 13.7. The second-order valence-electron chi connectivity index (χ2n) is 5.60. The number of piperidine rings is 1. The van der Waals surface area contributed by atoms with E-state index in [4.69, 9.17) is 5.73 Å². The van der Waals surface area contributed by atoms with Crippen molar-refractivity contribution in [1.29, 1.82) is 0 Å². The van der Waals surface area contributed by atoms with Gasteiger partial charge in [-0.3, -0.25) is 4.90 Å². The van der Waals surface area contributed by atoms with Crippen molar-refractivity contribution in [3.05, 3.63) is 35.4 Å². The van der Waals surface area contributed by atoms with Crippen molar-refractivity contribution in [2.24, 2.45) is 5.73 Å². The third-order valence-electron chi connectivity index (χ3n) is 4.14. The summed E-state index contributed by atoms with van der Waals surface area (Å²) in [5.41, 5.74) is 6.34. The number of halogens is 2. The highest BCUT2D eigenvalue weighted by molar-refractivity contribution is 5.22. The normalized spacial score (nSPS) is 26.4. The Labute approximate surface area is 113 Å². The molecule has 106 valence electrons. The molecule has 1 heterocycles. The van der Waals surface area contributed by atoms with Crippen LogP contribution >= 0.6 is 0 Å². The number of nitrogens with zero attached hydrogens (tertiary/aromatic N) is 1. The highest BCUT2D eigenvalue weighted by Crippen LogP contribution is 2.25. The maximum atomic E-state index is 13.7. The van der Waals surface area contributed by atoms with E-state index in [1.807, 2.05) is 0 Å². The fourth-order valence-electron chi connectivity index (χ4n) is 2.96. The smallest absolute Gasteiger partial charge is 0.128 e. The van der Waals surface area contributed by atoms with Crippen LogP contribution in [-0.2, 0) is 0 Å². The van der Waals surface area contributed by atoms with Gasteiger partial charge in [-0.1, -0.05) is 6.42 Å². The minimum Gasteiger partial charge on any atom is -0.323 e. The molecule has 4 heteroatoms. The second-order valence-corrected chi connectivity index (χ2v) is 5.60. The summed E-state index contributed by atoms with van der Waals surface area (Å²) in [7, 11) is 0. The van der Waals surface area contributed by atoms with Crippen LogP contribution in [0.15, 0.2) is 18.2 Å². The predicted molar refractivity (Wildman–Crippen MR) is 72.8 cm³/mol. The number of hydrogen-bond donors (Lipinski definition) is 1. The van der Waals surface area contributed by atoms with Crippen LogP contribution in [-0.4, -0.2) is 23.5 Å². The van der Waals surface area contributed by atoms with E-state index in [0.29, 0.717) is 18.6 Å². The van der Waals surface area contributed by atoms with Crippen LogP contribution in [0.3, 0.4) is 0 Å². The third kappa shape index (κ3) is 3.31. The average Bonchev–Trinajstić information content (AvgIpc) is 2.37. The standard InChI is InChI=1S/C15H22F2N2/c1-10-4-3-5-11(2)19(10)9-15(18)13-8-12(16)6-7-14(13)17/h6-8,10-11,15H,3-5,9,18H2,1-2H3. The number of hydrogen-bond acceptors (Lipinski definition) is 2. The van der Waals surface area contributed by atoms with E-state index in [9.17, 15) is 8.78 Å². The van der Waals surface area contributed by atoms with Crippen molar-refractivity contribution in [1.82, 2.24) is 4.90 Å². The number of benzene rings is 1. The topological polar surface area (TPSA) is 29.3 Å². The van der Waals surface area contributed by atoms with E-state index < -0.39 is 17.7 Å². The molecule has 3 atom stereocenters. The molecular weight excluding hydrogens is 246 g/mol. The molecule has 0 bridgehead atoms. The Morgan fingerprint density at radius 1 is 1.26 bits per heavy atom. The highest BCUT2D eigenvalue weighted by Gasteiger charge is 2.27. The van der Waals surface area contributed by atoms with Crippen LogP contribution in [0.2, 0.25) is 0 Å². The summed E-state index contributed by atoms with van der Waals surface area (Å²) < 4.78 is 26.9. The lowest BCUT2D eigenvalue weighted by molar-refractivity contribution is 0.0956. The molecule has 2 rings (SSSR count). The van der Waals surface area contributed by atoms with Gasteiger partial charge in [0.15, 0.2) is 0 Å². The lowest BCUT2D eigenvalue weighted by Crippen LogP contribution is -2.47. The molecule has 0 radical (unpaired) electrons. The van der Waals surface area contributed by atoms with Crippen molar-refractivity contribution in [3.63, 3.8) is 0 Å². The molecule has 19 heavy (non-hydrogen) atoms. The maximum Gasteiger partial charge on any atom is 0.128 e. The Hall–Kier alpha value is -1.00. The van der Waals surface area contributed by atoms with Gasteiger partial charge in [-0.2, -0.15) is 0 Å². The van der Waals surface area contributed by atoms with Gasteiger partial charge in [-0.05, 0) is 44.9 Å². The predicted octanol–water partition coefficient (Wildman–Crippen LogP) is 3.23. The van der Waals surface area contributed by atoms with Gasteiger partial charge in [0.05, 0.1) is 0 Å². The van der Waals surface area contributed by atoms with Crippen molar-refractivity contribution in [3.8, 4) is 0 Å². The number of nitrogens with two attached hydrogens (primary N) is 1. The first-order valence-electron chi connectivity index (χ1n) is 6.95. The van der Waals surface area contributed by atoms with Gasteiger partial charge in [0.1, 0.15) is 11.6 Å². The molecule has 1 aliphatic rings. The van der Waals surface area contributed by atoms with E-state index in [2.05, 4.69) is 18.7 Å². The SMILES string of the molecule is CC1CCCC(C)N1CC(N)c1cc(F)ccc1F. The Bertz CT molecular complexity index is 426. The molecule has 1 aromatic rings. The zero-order valence-corrected chi connectivity index (χ0v) is 11.6. The first-order chi connectivity index (χ1) is 8.99. The van der Waals surface area contributed by atoms with E-state index >= 15 is 0 Å². The van der Waals surface area contributed by atoms with Crippen molar-refractivity contribution in [2.45, 2.75) is 51.2 Å². The van der Waals surface area contributed by atoms with E-state index in [1.54, 1.807) is 0 Å². The van der Waals surface area contributed by atoms with Crippen LogP contribution in [0.5, 0.6) is 0 Å². The molecular formula is C15H22F2N2. The fraction of sp³-hybridized carbons (Fsp3) is 0.600. The van der Waals surface area contributed by atoms with Crippen LogP contribution in [0.1, 0.15) is 44.7 Å². The van der Waals surface area contributed by atoms with Gasteiger partial charge < -0.3 is 5.73 Å². The Morgan fingerprint density at radius 2 is 1.89 bits per heavy atom. The molecule has 0 saturated carbocycles. The molecule has 0 aliphatic carbocycles. The summed E-state index contributed by atoms with van der Waals surface area (Å²) >= 11 is 0. The summed E-state index contributed by atoms with van der Waals surface area (Å²) in [5, 5.41) is 0. The molecule has 0 amide bonds. The van der Waals surface area contributed by atoms with Gasteiger partial charge in [0, 0.05) is 30.2 Å². The number of likely N-dealkylation sites (tertiary alicyclic amines) is 1.